The fourth-order valence-electron chi connectivity index (χ4n) is 4.72. The molecule has 2 atom stereocenters. The highest BCUT2D eigenvalue weighted by Gasteiger charge is 2.46. The van der Waals surface area contributed by atoms with Crippen LogP contribution in [-0.4, -0.2) is 40.8 Å². The molecule has 2 heterocycles. The van der Waals surface area contributed by atoms with Crippen LogP contribution < -0.4 is 10.6 Å². The van der Waals surface area contributed by atoms with Gasteiger partial charge in [-0.25, -0.2) is 0 Å². The van der Waals surface area contributed by atoms with Crippen LogP contribution in [0.25, 0.3) is 0 Å². The van der Waals surface area contributed by atoms with Crippen LogP contribution in [0.1, 0.15) is 66.4 Å². The van der Waals surface area contributed by atoms with E-state index in [1.54, 1.807) is 30.3 Å². The van der Waals surface area contributed by atoms with E-state index in [1.807, 2.05) is 0 Å². The number of anilines is 1. The lowest BCUT2D eigenvalue weighted by atomic mass is 9.76. The van der Waals surface area contributed by atoms with E-state index in [0.717, 1.165) is 18.8 Å². The molecule has 0 aromatic heterocycles. The van der Waals surface area contributed by atoms with E-state index in [2.05, 4.69) is 38.3 Å². The number of nitro groups is 1. The number of nitrogens with zero attached hydrogens (tertiary/aromatic N) is 2. The normalized spacial score (nSPS) is 20.0. The van der Waals surface area contributed by atoms with Gasteiger partial charge in [-0.15, -0.1) is 0 Å². The summed E-state index contributed by atoms with van der Waals surface area (Å²) in [4.78, 5) is 38.8. The zero-order valence-corrected chi connectivity index (χ0v) is 19.4. The van der Waals surface area contributed by atoms with Gasteiger partial charge in [0.25, 0.3) is 17.5 Å². The highest BCUT2D eigenvalue weighted by Crippen LogP contribution is 2.45. The van der Waals surface area contributed by atoms with Gasteiger partial charge in [0.15, 0.2) is 0 Å². The van der Waals surface area contributed by atoms with Gasteiger partial charge in [0.2, 0.25) is 0 Å². The van der Waals surface area contributed by atoms with Crippen molar-refractivity contribution in [2.75, 3.05) is 18.4 Å². The van der Waals surface area contributed by atoms with E-state index in [9.17, 15) is 19.7 Å². The molecule has 2 N–H and O–H groups in total. The molecule has 2 aliphatic rings. The molecule has 8 heteroatoms. The average molecular weight is 451 g/mol. The third-order valence-electron chi connectivity index (χ3n) is 6.61. The van der Waals surface area contributed by atoms with E-state index < -0.39 is 11.0 Å². The quantitative estimate of drug-likeness (QED) is 0.368. The molecular weight excluding hydrogens is 420 g/mol. The van der Waals surface area contributed by atoms with Crippen molar-refractivity contribution >= 4 is 23.2 Å². The topological polar surface area (TPSA) is 105 Å². The van der Waals surface area contributed by atoms with Crippen LogP contribution in [0.5, 0.6) is 0 Å². The van der Waals surface area contributed by atoms with Crippen molar-refractivity contribution in [3.8, 4) is 0 Å². The number of non-ortho nitro benzene ring substituents is 1. The number of rotatable bonds is 7. The molecule has 0 fully saturated rings. The van der Waals surface area contributed by atoms with Crippen molar-refractivity contribution in [2.24, 2.45) is 11.3 Å². The molecule has 4 rings (SSSR count). The Morgan fingerprint density at radius 3 is 2.36 bits per heavy atom. The first-order valence-corrected chi connectivity index (χ1v) is 11.3. The number of imide groups is 1. The summed E-state index contributed by atoms with van der Waals surface area (Å²) >= 11 is 0. The first kappa shape index (κ1) is 22.9. The molecule has 0 bridgehead atoms. The van der Waals surface area contributed by atoms with Gasteiger partial charge in [-0.2, -0.15) is 0 Å². The maximum absolute atomic E-state index is 13.3. The van der Waals surface area contributed by atoms with Crippen molar-refractivity contribution < 1.29 is 14.5 Å². The number of carbonyl (C=O) groups excluding carboxylic acids is 2. The van der Waals surface area contributed by atoms with Crippen molar-refractivity contribution in [3.05, 3.63) is 69.3 Å². The number of hydrogen-bond acceptors (Lipinski definition) is 6. The van der Waals surface area contributed by atoms with E-state index >= 15 is 0 Å². The third-order valence-corrected chi connectivity index (χ3v) is 6.61. The monoisotopic (exact) mass is 450 g/mol. The Hall–Kier alpha value is -3.26. The lowest BCUT2D eigenvalue weighted by Crippen LogP contribution is -2.49. The highest BCUT2D eigenvalue weighted by atomic mass is 16.6. The van der Waals surface area contributed by atoms with E-state index in [0.29, 0.717) is 29.0 Å². The molecule has 2 aromatic rings. The Kier molecular flexibility index (Phi) is 5.97. The summed E-state index contributed by atoms with van der Waals surface area (Å²) in [6, 6.07) is 10.8. The molecule has 174 valence electrons. The van der Waals surface area contributed by atoms with E-state index in [4.69, 9.17) is 0 Å². The molecule has 0 radical (unpaired) electrons. The van der Waals surface area contributed by atoms with E-state index in [1.165, 1.54) is 17.0 Å². The Labute approximate surface area is 193 Å². The van der Waals surface area contributed by atoms with Crippen molar-refractivity contribution in [1.82, 2.24) is 10.2 Å². The predicted octanol–water partition coefficient (Wildman–Crippen LogP) is 4.39. The van der Waals surface area contributed by atoms with Crippen LogP contribution in [0.15, 0.2) is 42.5 Å². The van der Waals surface area contributed by atoms with Crippen LogP contribution in [0, 0.1) is 21.4 Å². The zero-order valence-electron chi connectivity index (χ0n) is 19.4. The van der Waals surface area contributed by atoms with Crippen molar-refractivity contribution in [1.29, 1.82) is 0 Å². The summed E-state index contributed by atoms with van der Waals surface area (Å²) in [5.74, 6) is -0.184. The zero-order chi connectivity index (χ0) is 23.9. The van der Waals surface area contributed by atoms with Crippen LogP contribution in [0.4, 0.5) is 11.4 Å². The number of nitro benzene ring substituents is 1. The largest absolute Gasteiger partial charge is 0.381 e. The Balaban J connectivity index is 1.72. The summed E-state index contributed by atoms with van der Waals surface area (Å²) in [6.45, 7) is 10.2. The fraction of sp³-hybridized carbons (Fsp3) is 0.440. The summed E-state index contributed by atoms with van der Waals surface area (Å²) in [7, 11) is 0. The minimum absolute atomic E-state index is 0.0552. The first-order chi connectivity index (χ1) is 15.6. The minimum Gasteiger partial charge on any atom is -0.381 e. The first-order valence-electron chi connectivity index (χ1n) is 11.3. The van der Waals surface area contributed by atoms with Crippen molar-refractivity contribution in [3.63, 3.8) is 0 Å². The highest BCUT2D eigenvalue weighted by molar-refractivity contribution is 6.21. The van der Waals surface area contributed by atoms with Crippen LogP contribution >= 0.6 is 0 Å². The Morgan fingerprint density at radius 1 is 1.15 bits per heavy atom. The van der Waals surface area contributed by atoms with Gasteiger partial charge in [-0.3, -0.25) is 24.6 Å². The van der Waals surface area contributed by atoms with Gasteiger partial charge in [0.1, 0.15) is 0 Å². The minimum atomic E-state index is -0.595. The molecule has 0 aliphatic carbocycles. The lowest BCUT2D eigenvalue weighted by Gasteiger charge is -2.44. The van der Waals surface area contributed by atoms with Crippen LogP contribution in [0.2, 0.25) is 0 Å². The number of fused-ring (bicyclic) bond motifs is 2. The maximum Gasteiger partial charge on any atom is 0.269 e. The lowest BCUT2D eigenvalue weighted by molar-refractivity contribution is -0.384. The SMILES string of the molecule is CC(C)CNCC(C)(C)C1CC(N2C(=O)c3ccccc3C2=O)c2cc([N+](=O)[O-])ccc2N1. The third kappa shape index (κ3) is 4.23. The number of nitrogens with one attached hydrogen (secondary N) is 2. The molecule has 2 unspecified atom stereocenters. The molecule has 2 aromatic carbocycles. The molecule has 2 amide bonds. The van der Waals surface area contributed by atoms with Gasteiger partial charge in [0, 0.05) is 36.0 Å². The molecule has 8 nitrogen and oxygen atoms in total. The molecule has 0 spiro atoms. The fourth-order valence-corrected chi connectivity index (χ4v) is 4.72. The number of benzene rings is 2. The molecule has 2 aliphatic heterocycles. The molecule has 0 saturated heterocycles. The second-order valence-electron chi connectivity index (χ2n) is 10.0. The number of hydrogen-bond donors (Lipinski definition) is 2. The Morgan fingerprint density at radius 2 is 1.79 bits per heavy atom. The standard InChI is InChI=1S/C25H30N4O4/c1-15(2)13-26-14-25(3,4)22-12-21(19-11-16(29(32)33)9-10-20(19)27-22)28-23(30)17-7-5-6-8-18(17)24(28)31/h5-11,15,21-22,26-27H,12-14H2,1-4H3. The maximum atomic E-state index is 13.3. The molecular formula is C25H30N4O4. The second-order valence-corrected chi connectivity index (χ2v) is 10.0. The molecule has 0 saturated carbocycles. The number of carbonyl (C=O) groups is 2. The summed E-state index contributed by atoms with van der Waals surface area (Å²) in [5, 5.41) is 18.5. The Bertz CT molecular complexity index is 1080. The van der Waals surface area contributed by atoms with Gasteiger partial charge in [-0.1, -0.05) is 39.8 Å². The average Bonchev–Trinajstić information content (AvgIpc) is 3.02. The van der Waals surface area contributed by atoms with Gasteiger partial charge in [0.05, 0.1) is 22.1 Å². The van der Waals surface area contributed by atoms with Crippen LogP contribution in [-0.2, 0) is 0 Å². The smallest absolute Gasteiger partial charge is 0.269 e. The van der Waals surface area contributed by atoms with Gasteiger partial charge < -0.3 is 10.6 Å². The van der Waals surface area contributed by atoms with Crippen LogP contribution in [0.3, 0.4) is 0 Å². The van der Waals surface area contributed by atoms with E-state index in [-0.39, 0.29) is 29.0 Å². The van der Waals surface area contributed by atoms with Gasteiger partial charge in [-0.05, 0) is 42.5 Å². The van der Waals surface area contributed by atoms with Gasteiger partial charge >= 0.3 is 0 Å². The second kappa shape index (κ2) is 8.59. The predicted molar refractivity (Wildman–Crippen MR) is 126 cm³/mol. The summed E-state index contributed by atoms with van der Waals surface area (Å²) in [5.41, 5.74) is 1.81. The van der Waals surface area contributed by atoms with Crippen molar-refractivity contribution in [2.45, 2.75) is 46.2 Å². The number of amides is 2. The summed E-state index contributed by atoms with van der Waals surface area (Å²) in [6.07, 6.45) is 0.468. The summed E-state index contributed by atoms with van der Waals surface area (Å²) < 4.78 is 0. The molecule has 33 heavy (non-hydrogen) atoms.